The van der Waals surface area contributed by atoms with E-state index >= 15 is 0 Å². The molecule has 0 unspecified atom stereocenters. The van der Waals surface area contributed by atoms with Gasteiger partial charge in [-0.2, -0.15) is 0 Å². The van der Waals surface area contributed by atoms with Crippen molar-refractivity contribution in [2.75, 3.05) is 5.32 Å². The largest absolute Gasteiger partial charge is 0.392 e. The predicted octanol–water partition coefficient (Wildman–Crippen LogP) is 1.74. The van der Waals surface area contributed by atoms with Gasteiger partial charge < -0.3 is 11.1 Å². The number of hydrogen-bond acceptors (Lipinski definition) is 3. The van der Waals surface area contributed by atoms with E-state index in [1.807, 2.05) is 0 Å². The minimum absolute atomic E-state index is 0.185. The Labute approximate surface area is 103 Å². The summed E-state index contributed by atoms with van der Waals surface area (Å²) in [4.78, 5) is 16.1. The summed E-state index contributed by atoms with van der Waals surface area (Å²) < 4.78 is 0. The molecule has 1 aliphatic carbocycles. The van der Waals surface area contributed by atoms with Crippen molar-refractivity contribution < 1.29 is 4.79 Å². The van der Waals surface area contributed by atoms with Crippen LogP contribution in [0.1, 0.15) is 12.8 Å². The third-order valence-electron chi connectivity index (χ3n) is 2.63. The summed E-state index contributed by atoms with van der Waals surface area (Å²) >= 11 is 10.6. The van der Waals surface area contributed by atoms with E-state index in [0.29, 0.717) is 23.7 Å². The number of nitrogens with two attached hydrogens (primary N) is 1. The summed E-state index contributed by atoms with van der Waals surface area (Å²) in [6.45, 7) is 0. The number of rotatable bonds is 3. The number of aromatic nitrogens is 1. The molecule has 1 aromatic rings. The standard InChI is InChI=1S/C10H10ClN3OS/c11-6-1-2-7(13-5-6)14-9(15)10(3-4-10)8(12)16/h1-2,5H,3-4H2,(H2,12,16)(H,13,14,15). The first-order valence-corrected chi connectivity index (χ1v) is 5.56. The number of amides is 1. The number of pyridine rings is 1. The molecular formula is C10H10ClN3OS. The minimum Gasteiger partial charge on any atom is -0.392 e. The fraction of sp³-hybridized carbons (Fsp3) is 0.300. The average molecular weight is 256 g/mol. The highest BCUT2D eigenvalue weighted by Crippen LogP contribution is 2.46. The molecular weight excluding hydrogens is 246 g/mol. The molecule has 2 rings (SSSR count). The van der Waals surface area contributed by atoms with E-state index in [0.717, 1.165) is 0 Å². The minimum atomic E-state index is -0.656. The van der Waals surface area contributed by atoms with Crippen molar-refractivity contribution in [1.82, 2.24) is 4.98 Å². The Hall–Kier alpha value is -1.20. The number of carbonyl (C=O) groups excluding carboxylic acids is 1. The summed E-state index contributed by atoms with van der Waals surface area (Å²) in [7, 11) is 0. The zero-order valence-electron chi connectivity index (χ0n) is 8.37. The SMILES string of the molecule is NC(=S)C1(C(=O)Nc2ccc(Cl)cn2)CC1. The number of anilines is 1. The van der Waals surface area contributed by atoms with Gasteiger partial charge in [0.2, 0.25) is 5.91 Å². The van der Waals surface area contributed by atoms with Crippen LogP contribution >= 0.6 is 23.8 Å². The van der Waals surface area contributed by atoms with Crippen molar-refractivity contribution in [3.63, 3.8) is 0 Å². The molecule has 4 nitrogen and oxygen atoms in total. The average Bonchev–Trinajstić information content (AvgIpc) is 3.02. The van der Waals surface area contributed by atoms with Crippen LogP contribution in [0, 0.1) is 5.41 Å². The molecule has 1 aliphatic rings. The Balaban J connectivity index is 2.08. The number of carbonyl (C=O) groups is 1. The Morgan fingerprint density at radius 2 is 2.25 bits per heavy atom. The quantitative estimate of drug-likeness (QED) is 0.808. The number of halogens is 1. The normalized spacial score (nSPS) is 16.6. The van der Waals surface area contributed by atoms with E-state index in [-0.39, 0.29) is 10.9 Å². The highest BCUT2D eigenvalue weighted by molar-refractivity contribution is 7.80. The smallest absolute Gasteiger partial charge is 0.238 e. The first-order valence-electron chi connectivity index (χ1n) is 4.77. The summed E-state index contributed by atoms with van der Waals surface area (Å²) in [5, 5.41) is 3.20. The van der Waals surface area contributed by atoms with E-state index in [4.69, 9.17) is 29.6 Å². The second-order valence-electron chi connectivity index (χ2n) is 3.76. The van der Waals surface area contributed by atoms with Crippen LogP contribution in [0.2, 0.25) is 5.02 Å². The second-order valence-corrected chi connectivity index (χ2v) is 4.64. The van der Waals surface area contributed by atoms with Gasteiger partial charge in [-0.05, 0) is 25.0 Å². The monoisotopic (exact) mass is 255 g/mol. The lowest BCUT2D eigenvalue weighted by molar-refractivity contribution is -0.118. The zero-order valence-corrected chi connectivity index (χ0v) is 9.94. The molecule has 1 fully saturated rings. The summed E-state index contributed by atoms with van der Waals surface area (Å²) in [5.41, 5.74) is 4.88. The molecule has 0 saturated heterocycles. The molecule has 0 aromatic carbocycles. The molecule has 0 radical (unpaired) electrons. The van der Waals surface area contributed by atoms with Crippen LogP contribution in [0.25, 0.3) is 0 Å². The molecule has 1 heterocycles. The van der Waals surface area contributed by atoms with Gasteiger partial charge in [0.1, 0.15) is 5.82 Å². The Bertz CT molecular complexity index is 442. The third-order valence-corrected chi connectivity index (χ3v) is 3.24. The first-order chi connectivity index (χ1) is 7.54. The van der Waals surface area contributed by atoms with Gasteiger partial charge in [0.15, 0.2) is 0 Å². The lowest BCUT2D eigenvalue weighted by Crippen LogP contribution is -2.35. The van der Waals surface area contributed by atoms with Gasteiger partial charge in [-0.3, -0.25) is 4.79 Å². The molecule has 0 atom stereocenters. The molecule has 16 heavy (non-hydrogen) atoms. The highest BCUT2D eigenvalue weighted by atomic mass is 35.5. The Kier molecular flexibility index (Phi) is 2.82. The predicted molar refractivity (Wildman–Crippen MR) is 66.3 cm³/mol. The van der Waals surface area contributed by atoms with Crippen molar-refractivity contribution >= 4 is 40.5 Å². The van der Waals surface area contributed by atoms with E-state index in [1.54, 1.807) is 12.1 Å². The van der Waals surface area contributed by atoms with Crippen LogP contribution < -0.4 is 11.1 Å². The van der Waals surface area contributed by atoms with E-state index in [1.165, 1.54) is 6.20 Å². The molecule has 1 aromatic heterocycles. The maximum absolute atomic E-state index is 11.9. The first kappa shape index (κ1) is 11.3. The van der Waals surface area contributed by atoms with Gasteiger partial charge >= 0.3 is 0 Å². The summed E-state index contributed by atoms with van der Waals surface area (Å²) in [6, 6.07) is 3.29. The van der Waals surface area contributed by atoms with Crippen molar-refractivity contribution in [3.05, 3.63) is 23.4 Å². The number of hydrogen-bond donors (Lipinski definition) is 2. The van der Waals surface area contributed by atoms with Gasteiger partial charge in [-0.15, -0.1) is 0 Å². The lowest BCUT2D eigenvalue weighted by atomic mass is 10.1. The summed E-state index contributed by atoms with van der Waals surface area (Å²) in [6.07, 6.45) is 2.89. The van der Waals surface area contributed by atoms with Gasteiger partial charge in [-0.1, -0.05) is 23.8 Å². The van der Waals surface area contributed by atoms with Gasteiger partial charge in [0, 0.05) is 6.20 Å². The molecule has 0 aliphatic heterocycles. The summed E-state index contributed by atoms with van der Waals surface area (Å²) in [5.74, 6) is 0.270. The van der Waals surface area contributed by atoms with Crippen molar-refractivity contribution in [2.45, 2.75) is 12.8 Å². The van der Waals surface area contributed by atoms with Gasteiger partial charge in [-0.25, -0.2) is 4.98 Å². The fourth-order valence-corrected chi connectivity index (χ4v) is 1.80. The highest BCUT2D eigenvalue weighted by Gasteiger charge is 2.52. The third kappa shape index (κ3) is 2.01. The Morgan fingerprint density at radius 1 is 1.56 bits per heavy atom. The molecule has 1 saturated carbocycles. The maximum Gasteiger partial charge on any atom is 0.238 e. The molecule has 0 bridgehead atoms. The fourth-order valence-electron chi connectivity index (χ4n) is 1.40. The molecule has 3 N–H and O–H groups in total. The van der Waals surface area contributed by atoms with Gasteiger partial charge in [0.05, 0.1) is 15.4 Å². The Morgan fingerprint density at radius 3 is 2.69 bits per heavy atom. The molecule has 84 valence electrons. The van der Waals surface area contributed by atoms with Crippen LogP contribution in [0.4, 0.5) is 5.82 Å². The number of nitrogens with one attached hydrogen (secondary N) is 1. The maximum atomic E-state index is 11.9. The van der Waals surface area contributed by atoms with E-state index in [9.17, 15) is 4.79 Å². The van der Waals surface area contributed by atoms with Crippen molar-refractivity contribution in [3.8, 4) is 0 Å². The number of nitrogens with zero attached hydrogens (tertiary/aromatic N) is 1. The van der Waals surface area contributed by atoms with Crippen LogP contribution in [-0.4, -0.2) is 15.9 Å². The lowest BCUT2D eigenvalue weighted by Gasteiger charge is -2.12. The van der Waals surface area contributed by atoms with Crippen molar-refractivity contribution in [1.29, 1.82) is 0 Å². The topological polar surface area (TPSA) is 68.0 Å². The van der Waals surface area contributed by atoms with E-state index in [2.05, 4.69) is 10.3 Å². The number of thiocarbonyl (C=S) groups is 1. The van der Waals surface area contributed by atoms with Crippen LogP contribution in [0.5, 0.6) is 0 Å². The van der Waals surface area contributed by atoms with Gasteiger partial charge in [0.25, 0.3) is 0 Å². The van der Waals surface area contributed by atoms with Crippen LogP contribution in [-0.2, 0) is 4.79 Å². The molecule has 6 heteroatoms. The van der Waals surface area contributed by atoms with E-state index < -0.39 is 5.41 Å². The zero-order chi connectivity index (χ0) is 11.8. The second kappa shape index (κ2) is 3.99. The molecule has 1 amide bonds. The van der Waals surface area contributed by atoms with Crippen molar-refractivity contribution in [2.24, 2.45) is 11.1 Å². The van der Waals surface area contributed by atoms with Crippen LogP contribution in [0.3, 0.4) is 0 Å². The molecule has 0 spiro atoms. The van der Waals surface area contributed by atoms with Crippen LogP contribution in [0.15, 0.2) is 18.3 Å².